The number of aromatic nitrogens is 2. The SMILES string of the molecule is COC(OC)[C@H]1C[C@@H](c2csc3c(NCC4CCCCC4)ncnc23)C[C@@H]1O[Si](C)(C)C(C)(C)C. The fourth-order valence-corrected chi connectivity index (χ4v) is 8.07. The van der Waals surface area contributed by atoms with Crippen LogP contribution in [0.2, 0.25) is 18.1 Å². The van der Waals surface area contributed by atoms with Crippen LogP contribution in [0.3, 0.4) is 0 Å². The van der Waals surface area contributed by atoms with E-state index in [0.29, 0.717) is 5.92 Å². The molecule has 0 spiro atoms. The highest BCUT2D eigenvalue weighted by atomic mass is 32.1. The Labute approximate surface area is 216 Å². The first kappa shape index (κ1) is 27.0. The van der Waals surface area contributed by atoms with Crippen LogP contribution in [0.4, 0.5) is 5.82 Å². The molecule has 8 heteroatoms. The van der Waals surface area contributed by atoms with Gasteiger partial charge in [0.25, 0.3) is 0 Å². The summed E-state index contributed by atoms with van der Waals surface area (Å²) in [5.41, 5.74) is 2.42. The Morgan fingerprint density at radius 1 is 1.09 bits per heavy atom. The fraction of sp³-hybridized carbons (Fsp3) is 0.778. The zero-order valence-corrected chi connectivity index (χ0v) is 24.5. The number of nitrogens with zero attached hydrogens (tertiary/aromatic N) is 2. The van der Waals surface area contributed by atoms with Crippen molar-refractivity contribution in [2.75, 3.05) is 26.1 Å². The molecular formula is C27H45N3O3SSi. The lowest BCUT2D eigenvalue weighted by atomic mass is 9.89. The second-order valence-electron chi connectivity index (χ2n) is 12.1. The lowest BCUT2D eigenvalue weighted by Crippen LogP contribution is -2.46. The predicted molar refractivity (Wildman–Crippen MR) is 148 cm³/mol. The van der Waals surface area contributed by atoms with Crippen molar-refractivity contribution in [3.8, 4) is 0 Å². The first-order valence-electron chi connectivity index (χ1n) is 13.3. The van der Waals surface area contributed by atoms with Crippen molar-refractivity contribution in [3.05, 3.63) is 17.3 Å². The van der Waals surface area contributed by atoms with Crippen molar-refractivity contribution in [1.29, 1.82) is 0 Å². The van der Waals surface area contributed by atoms with Crippen LogP contribution in [0.15, 0.2) is 11.7 Å². The van der Waals surface area contributed by atoms with Gasteiger partial charge < -0.3 is 19.2 Å². The summed E-state index contributed by atoms with van der Waals surface area (Å²) < 4.78 is 19.7. The smallest absolute Gasteiger partial charge is 0.192 e. The topological polar surface area (TPSA) is 65.5 Å². The number of ether oxygens (including phenoxy) is 2. The maximum atomic E-state index is 6.97. The highest BCUT2D eigenvalue weighted by Gasteiger charge is 2.47. The molecule has 4 rings (SSSR count). The van der Waals surface area contributed by atoms with Gasteiger partial charge in [0.1, 0.15) is 12.1 Å². The summed E-state index contributed by atoms with van der Waals surface area (Å²) in [5, 5.41) is 6.12. The molecule has 35 heavy (non-hydrogen) atoms. The molecule has 2 heterocycles. The summed E-state index contributed by atoms with van der Waals surface area (Å²) in [4.78, 5) is 9.38. The molecule has 2 fully saturated rings. The minimum atomic E-state index is -1.93. The number of hydrogen-bond donors (Lipinski definition) is 1. The summed E-state index contributed by atoms with van der Waals surface area (Å²) in [7, 11) is 1.55. The molecule has 1 N–H and O–H groups in total. The molecule has 6 nitrogen and oxygen atoms in total. The number of thiophene rings is 1. The molecule has 2 aliphatic carbocycles. The van der Waals surface area contributed by atoms with Crippen molar-refractivity contribution in [2.24, 2.45) is 11.8 Å². The van der Waals surface area contributed by atoms with Crippen LogP contribution in [0, 0.1) is 11.8 Å². The van der Waals surface area contributed by atoms with Crippen molar-refractivity contribution in [2.45, 2.75) is 102 Å². The maximum absolute atomic E-state index is 6.97. The summed E-state index contributed by atoms with van der Waals surface area (Å²) >= 11 is 1.77. The van der Waals surface area contributed by atoms with E-state index in [-0.39, 0.29) is 23.4 Å². The molecule has 0 unspecified atom stereocenters. The first-order chi connectivity index (χ1) is 16.6. The molecule has 2 aliphatic rings. The molecule has 3 atom stereocenters. The molecule has 0 saturated heterocycles. The van der Waals surface area contributed by atoms with E-state index >= 15 is 0 Å². The van der Waals surface area contributed by atoms with E-state index in [1.165, 1.54) is 42.4 Å². The van der Waals surface area contributed by atoms with Crippen LogP contribution < -0.4 is 5.32 Å². The third-order valence-corrected chi connectivity index (χ3v) is 14.2. The van der Waals surface area contributed by atoms with Gasteiger partial charge in [-0.05, 0) is 66.6 Å². The van der Waals surface area contributed by atoms with Crippen LogP contribution in [-0.2, 0) is 13.9 Å². The van der Waals surface area contributed by atoms with Crippen LogP contribution in [0.5, 0.6) is 0 Å². The zero-order chi connectivity index (χ0) is 25.2. The Bertz CT molecular complexity index is 966. The van der Waals surface area contributed by atoms with Crippen LogP contribution >= 0.6 is 11.3 Å². The van der Waals surface area contributed by atoms with Gasteiger partial charge in [-0.25, -0.2) is 9.97 Å². The van der Waals surface area contributed by atoms with E-state index in [1.807, 2.05) is 0 Å². The van der Waals surface area contributed by atoms with Gasteiger partial charge in [-0.2, -0.15) is 0 Å². The van der Waals surface area contributed by atoms with Gasteiger partial charge in [-0.1, -0.05) is 40.0 Å². The van der Waals surface area contributed by atoms with Crippen LogP contribution in [-0.4, -0.2) is 51.4 Å². The fourth-order valence-electron chi connectivity index (χ4n) is 5.63. The number of nitrogens with one attached hydrogen (secondary N) is 1. The Morgan fingerprint density at radius 3 is 2.46 bits per heavy atom. The second-order valence-corrected chi connectivity index (χ2v) is 17.7. The number of methoxy groups -OCH3 is 2. The standard InChI is InChI=1S/C27H45N3O3SSi/c1-27(2,3)35(6,7)33-22-14-19(13-20(22)26(31-4)32-5)21-16-34-24-23(21)29-17-30-25(24)28-15-18-11-9-8-10-12-18/h16-20,22,26H,8-15H2,1-7H3,(H,28,29,30)/t19-,20+,22+/m1/s1. The van der Waals surface area contributed by atoms with Crippen LogP contribution in [0.1, 0.15) is 77.2 Å². The quantitative estimate of drug-likeness (QED) is 0.279. The minimum absolute atomic E-state index is 0.117. The molecule has 0 radical (unpaired) electrons. The summed E-state index contributed by atoms with van der Waals surface area (Å²) in [6, 6.07) is 0. The van der Waals surface area contributed by atoms with Gasteiger partial charge in [0.15, 0.2) is 14.6 Å². The van der Waals surface area contributed by atoms with E-state index < -0.39 is 8.32 Å². The molecule has 2 aromatic heterocycles. The Kier molecular flexibility index (Phi) is 8.58. The predicted octanol–water partition coefficient (Wildman–Crippen LogP) is 7.19. The van der Waals surface area contributed by atoms with Gasteiger partial charge >= 0.3 is 0 Å². The van der Waals surface area contributed by atoms with Gasteiger partial charge in [0, 0.05) is 26.7 Å². The van der Waals surface area contributed by atoms with E-state index in [0.717, 1.165) is 36.6 Å². The van der Waals surface area contributed by atoms with Crippen molar-refractivity contribution < 1.29 is 13.9 Å². The third kappa shape index (κ3) is 5.93. The molecule has 2 aromatic rings. The van der Waals surface area contributed by atoms with Gasteiger partial charge in [-0.3, -0.25) is 0 Å². The number of rotatable bonds is 9. The average molecular weight is 520 g/mol. The first-order valence-corrected chi connectivity index (χ1v) is 17.1. The molecule has 0 aromatic carbocycles. The van der Waals surface area contributed by atoms with Gasteiger partial charge in [-0.15, -0.1) is 11.3 Å². The number of fused-ring (bicyclic) bond motifs is 1. The maximum Gasteiger partial charge on any atom is 0.192 e. The van der Waals surface area contributed by atoms with E-state index in [2.05, 4.69) is 49.5 Å². The molecular weight excluding hydrogens is 474 g/mol. The summed E-state index contributed by atoms with van der Waals surface area (Å²) in [5.74, 6) is 2.33. The molecule has 2 saturated carbocycles. The van der Waals surface area contributed by atoms with Crippen molar-refractivity contribution in [3.63, 3.8) is 0 Å². The largest absolute Gasteiger partial charge is 0.413 e. The number of hydrogen-bond acceptors (Lipinski definition) is 7. The molecule has 0 amide bonds. The average Bonchev–Trinajstić information content (AvgIpc) is 3.43. The summed E-state index contributed by atoms with van der Waals surface area (Å²) in [6.07, 6.45) is 10.3. The lowest BCUT2D eigenvalue weighted by molar-refractivity contribution is -0.152. The van der Waals surface area contributed by atoms with Gasteiger partial charge in [0.2, 0.25) is 0 Å². The second kappa shape index (κ2) is 11.1. The number of anilines is 1. The van der Waals surface area contributed by atoms with E-state index in [4.69, 9.17) is 18.9 Å². The Morgan fingerprint density at radius 2 is 1.80 bits per heavy atom. The highest BCUT2D eigenvalue weighted by Crippen LogP contribution is 2.48. The molecule has 0 aliphatic heterocycles. The van der Waals surface area contributed by atoms with E-state index in [9.17, 15) is 0 Å². The molecule has 0 bridgehead atoms. The van der Waals surface area contributed by atoms with Gasteiger partial charge in [0.05, 0.1) is 16.3 Å². The van der Waals surface area contributed by atoms with Crippen molar-refractivity contribution >= 4 is 35.7 Å². The Balaban J connectivity index is 1.55. The third-order valence-electron chi connectivity index (χ3n) is 8.72. The Hall–Kier alpha value is -1.06. The summed E-state index contributed by atoms with van der Waals surface area (Å²) in [6.45, 7) is 12.6. The van der Waals surface area contributed by atoms with Crippen LogP contribution in [0.25, 0.3) is 10.2 Å². The monoisotopic (exact) mass is 519 g/mol. The zero-order valence-electron chi connectivity index (χ0n) is 22.7. The lowest BCUT2D eigenvalue weighted by Gasteiger charge is -2.40. The molecule has 196 valence electrons. The van der Waals surface area contributed by atoms with E-state index in [1.54, 1.807) is 31.9 Å². The van der Waals surface area contributed by atoms with Crippen molar-refractivity contribution in [1.82, 2.24) is 9.97 Å². The normalized spacial score (nSPS) is 24.5. The highest BCUT2D eigenvalue weighted by molar-refractivity contribution is 7.18. The minimum Gasteiger partial charge on any atom is -0.413 e.